The molecule has 108 valence electrons. The van der Waals surface area contributed by atoms with E-state index >= 15 is 0 Å². The van der Waals surface area contributed by atoms with Gasteiger partial charge in [0.25, 0.3) is 0 Å². The van der Waals surface area contributed by atoms with Crippen LogP contribution >= 0.6 is 0 Å². The van der Waals surface area contributed by atoms with Gasteiger partial charge >= 0.3 is 0 Å². The van der Waals surface area contributed by atoms with Gasteiger partial charge in [0.2, 0.25) is 5.95 Å². The van der Waals surface area contributed by atoms with Crippen LogP contribution in [0.25, 0.3) is 0 Å². The fourth-order valence-corrected chi connectivity index (χ4v) is 1.30. The second-order valence-corrected chi connectivity index (χ2v) is 3.85. The molecule has 0 spiro atoms. The molecule has 6 nitrogen and oxygen atoms in total. The topological polar surface area (TPSA) is 68.3 Å². The van der Waals surface area contributed by atoms with Gasteiger partial charge in [0, 0.05) is 20.2 Å². The predicted molar refractivity (Wildman–Crippen MR) is 72.0 cm³/mol. The maximum Gasteiger partial charge on any atom is 0.224 e. The molecule has 0 aliphatic rings. The van der Waals surface area contributed by atoms with Crippen molar-refractivity contribution in [2.45, 2.75) is 13.3 Å². The van der Waals surface area contributed by atoms with Crippen molar-refractivity contribution >= 4 is 11.8 Å². The molecule has 0 atom stereocenters. The zero-order valence-electron chi connectivity index (χ0n) is 11.4. The molecule has 7 heteroatoms. The standard InChI is InChI=1S/C12H21FN4O2/c1-3-4-15-12-16-9-10(13)11(17-12)14-5-6-19-8-7-18-2/h9H,3-8H2,1-2H3,(H2,14,15,16,17). The Bertz CT molecular complexity index is 366. The molecular formula is C12H21FN4O2. The minimum atomic E-state index is -0.473. The van der Waals surface area contributed by atoms with Crippen LogP contribution in [0.2, 0.25) is 0 Å². The molecule has 1 aromatic rings. The number of ether oxygens (including phenoxy) is 2. The molecule has 0 unspecified atom stereocenters. The first-order chi connectivity index (χ1) is 9.27. The Balaban J connectivity index is 2.34. The third-order valence-corrected chi connectivity index (χ3v) is 2.25. The Morgan fingerprint density at radius 3 is 2.79 bits per heavy atom. The van der Waals surface area contributed by atoms with Crippen LogP contribution in [0.1, 0.15) is 13.3 Å². The Labute approximate surface area is 112 Å². The number of nitrogens with one attached hydrogen (secondary N) is 2. The molecule has 1 aromatic heterocycles. The van der Waals surface area contributed by atoms with E-state index in [-0.39, 0.29) is 5.82 Å². The van der Waals surface area contributed by atoms with E-state index in [0.29, 0.717) is 32.3 Å². The first kappa shape index (κ1) is 15.6. The average molecular weight is 272 g/mol. The van der Waals surface area contributed by atoms with Gasteiger partial charge in [-0.25, -0.2) is 9.37 Å². The summed E-state index contributed by atoms with van der Waals surface area (Å²) in [5, 5.41) is 5.88. The Hall–Kier alpha value is -1.47. The lowest BCUT2D eigenvalue weighted by molar-refractivity contribution is 0.0759. The minimum Gasteiger partial charge on any atom is -0.382 e. The Morgan fingerprint density at radius 2 is 2.05 bits per heavy atom. The molecule has 0 amide bonds. The van der Waals surface area contributed by atoms with Gasteiger partial charge in [-0.2, -0.15) is 4.98 Å². The third kappa shape index (κ3) is 6.30. The number of anilines is 2. The SMILES string of the molecule is CCCNc1ncc(F)c(NCCOCCOC)n1. The van der Waals surface area contributed by atoms with Crippen molar-refractivity contribution in [3.8, 4) is 0 Å². The molecule has 0 aliphatic carbocycles. The van der Waals surface area contributed by atoms with Gasteiger partial charge in [-0.1, -0.05) is 6.92 Å². The largest absolute Gasteiger partial charge is 0.382 e. The molecule has 1 heterocycles. The third-order valence-electron chi connectivity index (χ3n) is 2.25. The van der Waals surface area contributed by atoms with Gasteiger partial charge in [-0.15, -0.1) is 0 Å². The first-order valence-electron chi connectivity index (χ1n) is 6.35. The van der Waals surface area contributed by atoms with Gasteiger partial charge in [-0.05, 0) is 6.42 Å². The fourth-order valence-electron chi connectivity index (χ4n) is 1.30. The van der Waals surface area contributed by atoms with Gasteiger partial charge < -0.3 is 20.1 Å². The predicted octanol–water partition coefficient (Wildman–Crippen LogP) is 1.51. The second-order valence-electron chi connectivity index (χ2n) is 3.85. The molecule has 2 N–H and O–H groups in total. The van der Waals surface area contributed by atoms with Crippen molar-refractivity contribution in [2.24, 2.45) is 0 Å². The summed E-state index contributed by atoms with van der Waals surface area (Å²) in [6.07, 6.45) is 2.11. The summed E-state index contributed by atoms with van der Waals surface area (Å²) in [6, 6.07) is 0. The second kappa shape index (κ2) is 9.46. The molecule has 0 aromatic carbocycles. The maximum atomic E-state index is 13.4. The zero-order valence-corrected chi connectivity index (χ0v) is 11.4. The first-order valence-corrected chi connectivity index (χ1v) is 6.35. The Kier molecular flexibility index (Phi) is 7.76. The summed E-state index contributed by atoms with van der Waals surface area (Å²) >= 11 is 0. The molecule has 0 saturated carbocycles. The van der Waals surface area contributed by atoms with Crippen molar-refractivity contribution in [1.29, 1.82) is 0 Å². The lowest BCUT2D eigenvalue weighted by atomic mass is 10.5. The van der Waals surface area contributed by atoms with E-state index in [1.807, 2.05) is 6.92 Å². The number of hydrogen-bond acceptors (Lipinski definition) is 6. The van der Waals surface area contributed by atoms with E-state index in [1.165, 1.54) is 0 Å². The molecule has 1 rings (SSSR count). The number of halogens is 1. The van der Waals surface area contributed by atoms with Crippen molar-refractivity contribution in [1.82, 2.24) is 9.97 Å². The molecule has 0 saturated heterocycles. The van der Waals surface area contributed by atoms with Crippen LogP contribution in [-0.2, 0) is 9.47 Å². The van der Waals surface area contributed by atoms with Crippen molar-refractivity contribution < 1.29 is 13.9 Å². The van der Waals surface area contributed by atoms with Crippen LogP contribution < -0.4 is 10.6 Å². The van der Waals surface area contributed by atoms with Crippen LogP contribution in [0.15, 0.2) is 6.20 Å². The quantitative estimate of drug-likeness (QED) is 0.629. The molecule has 19 heavy (non-hydrogen) atoms. The lowest BCUT2D eigenvalue weighted by Gasteiger charge is -2.09. The monoisotopic (exact) mass is 272 g/mol. The van der Waals surface area contributed by atoms with Crippen LogP contribution in [0.3, 0.4) is 0 Å². The molecule has 0 radical (unpaired) electrons. The van der Waals surface area contributed by atoms with Crippen LogP contribution in [-0.4, -0.2) is 50.0 Å². The lowest BCUT2D eigenvalue weighted by Crippen LogP contribution is -2.14. The van der Waals surface area contributed by atoms with E-state index in [0.717, 1.165) is 19.2 Å². The van der Waals surface area contributed by atoms with Gasteiger partial charge in [0.15, 0.2) is 11.6 Å². The highest BCUT2D eigenvalue weighted by Crippen LogP contribution is 2.11. The van der Waals surface area contributed by atoms with Crippen molar-refractivity contribution in [2.75, 3.05) is 50.7 Å². The Morgan fingerprint density at radius 1 is 1.21 bits per heavy atom. The highest BCUT2D eigenvalue weighted by atomic mass is 19.1. The number of aromatic nitrogens is 2. The van der Waals surface area contributed by atoms with Crippen molar-refractivity contribution in [3.05, 3.63) is 12.0 Å². The van der Waals surface area contributed by atoms with Gasteiger partial charge in [0.05, 0.1) is 26.0 Å². The maximum absolute atomic E-state index is 13.4. The number of hydrogen-bond donors (Lipinski definition) is 2. The fraction of sp³-hybridized carbons (Fsp3) is 0.667. The van der Waals surface area contributed by atoms with E-state index in [4.69, 9.17) is 9.47 Å². The normalized spacial score (nSPS) is 10.5. The molecule has 0 aliphatic heterocycles. The van der Waals surface area contributed by atoms with Crippen LogP contribution in [0.5, 0.6) is 0 Å². The van der Waals surface area contributed by atoms with Crippen molar-refractivity contribution in [3.63, 3.8) is 0 Å². The van der Waals surface area contributed by atoms with E-state index in [2.05, 4.69) is 20.6 Å². The summed E-state index contributed by atoms with van der Waals surface area (Å²) in [5.74, 6) is 0.133. The number of methoxy groups -OCH3 is 1. The summed E-state index contributed by atoms with van der Waals surface area (Å²) in [4.78, 5) is 7.92. The summed E-state index contributed by atoms with van der Waals surface area (Å²) in [7, 11) is 1.61. The van der Waals surface area contributed by atoms with E-state index < -0.39 is 5.82 Å². The van der Waals surface area contributed by atoms with E-state index in [9.17, 15) is 4.39 Å². The van der Waals surface area contributed by atoms with Crippen LogP contribution in [0.4, 0.5) is 16.2 Å². The zero-order chi connectivity index (χ0) is 13.9. The summed E-state index contributed by atoms with van der Waals surface area (Å²) in [5.41, 5.74) is 0. The molecular weight excluding hydrogens is 251 g/mol. The van der Waals surface area contributed by atoms with Gasteiger partial charge in [-0.3, -0.25) is 0 Å². The minimum absolute atomic E-state index is 0.184. The average Bonchev–Trinajstić information content (AvgIpc) is 2.43. The molecule has 0 bridgehead atoms. The molecule has 0 fully saturated rings. The van der Waals surface area contributed by atoms with E-state index in [1.54, 1.807) is 7.11 Å². The van der Waals surface area contributed by atoms with Crippen LogP contribution in [0, 0.1) is 5.82 Å². The number of nitrogens with zero attached hydrogens (tertiary/aromatic N) is 2. The smallest absolute Gasteiger partial charge is 0.224 e. The highest BCUT2D eigenvalue weighted by Gasteiger charge is 2.05. The summed E-state index contributed by atoms with van der Waals surface area (Å²) < 4.78 is 23.6. The number of rotatable bonds is 10. The van der Waals surface area contributed by atoms with Gasteiger partial charge in [0.1, 0.15) is 0 Å². The highest BCUT2D eigenvalue weighted by molar-refractivity contribution is 5.40. The summed E-state index contributed by atoms with van der Waals surface area (Å²) in [6.45, 7) is 4.80.